The largest absolute Gasteiger partial charge is 0.256 e. The Kier molecular flexibility index (Phi) is 7.63. The van der Waals surface area contributed by atoms with Crippen molar-refractivity contribution in [2.75, 3.05) is 0 Å². The fraction of sp³-hybridized carbons (Fsp3) is 0.0217. The number of fused-ring (bicyclic) bond motifs is 3. The van der Waals surface area contributed by atoms with E-state index in [9.17, 15) is 0 Å². The highest BCUT2D eigenvalue weighted by Gasteiger charge is 2.15. The molecule has 0 unspecified atom stereocenters. The fourth-order valence-electron chi connectivity index (χ4n) is 6.61. The van der Waals surface area contributed by atoms with Crippen LogP contribution < -0.4 is 0 Å². The SMILES string of the molecule is Cc1ccc2ccc3c(-c4ccccn4)cc(-c4cccc(-c5ccc(-c6cc(-c7ccccc7)nc(-c7ccccc7)n6)cc5)c4)nc3c2n1. The molecule has 0 aliphatic heterocycles. The molecule has 0 saturated carbocycles. The Morgan fingerprint density at radius 1 is 0.373 bits per heavy atom. The van der Waals surface area contributed by atoms with Gasteiger partial charge in [0.1, 0.15) is 0 Å². The van der Waals surface area contributed by atoms with Crippen molar-refractivity contribution < 1.29 is 0 Å². The molecule has 5 aromatic carbocycles. The molecule has 4 heterocycles. The number of hydrogen-bond acceptors (Lipinski definition) is 5. The van der Waals surface area contributed by atoms with Gasteiger partial charge in [-0.05, 0) is 54.4 Å². The molecule has 0 atom stereocenters. The molecule has 5 heteroatoms. The highest BCUT2D eigenvalue weighted by atomic mass is 14.9. The minimum Gasteiger partial charge on any atom is -0.256 e. The lowest BCUT2D eigenvalue weighted by Gasteiger charge is -2.13. The summed E-state index contributed by atoms with van der Waals surface area (Å²) in [5.41, 5.74) is 13.6. The van der Waals surface area contributed by atoms with E-state index in [-0.39, 0.29) is 0 Å². The summed E-state index contributed by atoms with van der Waals surface area (Å²) in [6.07, 6.45) is 1.83. The molecule has 0 bridgehead atoms. The smallest absolute Gasteiger partial charge is 0.160 e. The Morgan fingerprint density at radius 3 is 1.75 bits per heavy atom. The van der Waals surface area contributed by atoms with E-state index in [2.05, 4.69) is 91.0 Å². The van der Waals surface area contributed by atoms with Crippen LogP contribution in [0.15, 0.2) is 170 Å². The van der Waals surface area contributed by atoms with Crippen LogP contribution in [0.3, 0.4) is 0 Å². The van der Waals surface area contributed by atoms with Gasteiger partial charge in [-0.2, -0.15) is 0 Å². The molecule has 0 spiro atoms. The van der Waals surface area contributed by atoms with Crippen LogP contribution in [0.4, 0.5) is 0 Å². The van der Waals surface area contributed by atoms with Crippen LogP contribution in [-0.2, 0) is 0 Å². The molecule has 0 aliphatic rings. The van der Waals surface area contributed by atoms with Crippen molar-refractivity contribution in [1.29, 1.82) is 0 Å². The normalized spacial score (nSPS) is 11.2. The summed E-state index contributed by atoms with van der Waals surface area (Å²) in [6.45, 7) is 2.02. The van der Waals surface area contributed by atoms with Crippen LogP contribution in [0, 0.1) is 6.92 Å². The minimum absolute atomic E-state index is 0.704. The molecular weight excluding hydrogens is 623 g/mol. The van der Waals surface area contributed by atoms with Gasteiger partial charge in [0, 0.05) is 50.5 Å². The first-order chi connectivity index (χ1) is 25.2. The molecule has 4 aromatic heterocycles. The first-order valence-electron chi connectivity index (χ1n) is 17.0. The van der Waals surface area contributed by atoms with Crippen LogP contribution in [0.25, 0.3) is 89.4 Å². The van der Waals surface area contributed by atoms with E-state index in [1.165, 1.54) is 0 Å². The van der Waals surface area contributed by atoms with Crippen molar-refractivity contribution in [3.63, 3.8) is 0 Å². The Morgan fingerprint density at radius 2 is 1.00 bits per heavy atom. The average Bonchev–Trinajstić information content (AvgIpc) is 3.21. The molecule has 0 radical (unpaired) electrons. The zero-order chi connectivity index (χ0) is 34.1. The lowest BCUT2D eigenvalue weighted by atomic mass is 9.97. The number of aryl methyl sites for hydroxylation is 1. The number of hydrogen-bond donors (Lipinski definition) is 0. The van der Waals surface area contributed by atoms with Crippen LogP contribution >= 0.6 is 0 Å². The third-order valence-corrected chi connectivity index (χ3v) is 9.22. The molecule has 0 N–H and O–H groups in total. The highest BCUT2D eigenvalue weighted by molar-refractivity contribution is 6.09. The molecular formula is C46H31N5. The summed E-state index contributed by atoms with van der Waals surface area (Å²) in [7, 11) is 0. The van der Waals surface area contributed by atoms with Gasteiger partial charge in [-0.25, -0.2) is 15.0 Å². The van der Waals surface area contributed by atoms with Gasteiger partial charge in [0.05, 0.1) is 33.8 Å². The molecule has 5 nitrogen and oxygen atoms in total. The van der Waals surface area contributed by atoms with Crippen LogP contribution in [0.2, 0.25) is 0 Å². The monoisotopic (exact) mass is 653 g/mol. The van der Waals surface area contributed by atoms with Gasteiger partial charge in [-0.1, -0.05) is 127 Å². The lowest BCUT2D eigenvalue weighted by Crippen LogP contribution is -1.96. The first kappa shape index (κ1) is 30.2. The first-order valence-corrected chi connectivity index (χ1v) is 17.0. The second-order valence-electron chi connectivity index (χ2n) is 12.6. The maximum Gasteiger partial charge on any atom is 0.160 e. The number of rotatable bonds is 6. The fourth-order valence-corrected chi connectivity index (χ4v) is 6.61. The van der Waals surface area contributed by atoms with Crippen molar-refractivity contribution in [3.05, 3.63) is 176 Å². The zero-order valence-corrected chi connectivity index (χ0v) is 27.9. The van der Waals surface area contributed by atoms with Crippen molar-refractivity contribution in [2.45, 2.75) is 6.92 Å². The molecule has 9 rings (SSSR count). The van der Waals surface area contributed by atoms with Gasteiger partial charge in [-0.15, -0.1) is 0 Å². The maximum absolute atomic E-state index is 5.25. The van der Waals surface area contributed by atoms with Gasteiger partial charge < -0.3 is 0 Å². The highest BCUT2D eigenvalue weighted by Crippen LogP contribution is 2.36. The van der Waals surface area contributed by atoms with E-state index >= 15 is 0 Å². The number of aromatic nitrogens is 5. The van der Waals surface area contributed by atoms with Crippen LogP contribution in [-0.4, -0.2) is 24.9 Å². The summed E-state index contributed by atoms with van der Waals surface area (Å²) in [4.78, 5) is 24.8. The van der Waals surface area contributed by atoms with E-state index in [1.807, 2.05) is 85.9 Å². The Hall–Kier alpha value is -6.85. The predicted octanol–water partition coefficient (Wildman–Crippen LogP) is 11.3. The van der Waals surface area contributed by atoms with Crippen molar-refractivity contribution in [2.24, 2.45) is 0 Å². The quantitative estimate of drug-likeness (QED) is 0.167. The van der Waals surface area contributed by atoms with E-state index in [0.717, 1.165) is 89.2 Å². The molecule has 51 heavy (non-hydrogen) atoms. The molecule has 240 valence electrons. The summed E-state index contributed by atoms with van der Waals surface area (Å²) >= 11 is 0. The van der Waals surface area contributed by atoms with Crippen molar-refractivity contribution in [1.82, 2.24) is 24.9 Å². The van der Waals surface area contributed by atoms with E-state index in [1.54, 1.807) is 0 Å². The van der Waals surface area contributed by atoms with Gasteiger partial charge in [0.2, 0.25) is 0 Å². The van der Waals surface area contributed by atoms with E-state index < -0.39 is 0 Å². The van der Waals surface area contributed by atoms with Crippen LogP contribution in [0.5, 0.6) is 0 Å². The van der Waals surface area contributed by atoms with Gasteiger partial charge >= 0.3 is 0 Å². The Bertz CT molecular complexity index is 2620. The Labute approximate surface area is 296 Å². The van der Waals surface area contributed by atoms with Crippen molar-refractivity contribution in [3.8, 4) is 67.5 Å². The minimum atomic E-state index is 0.704. The topological polar surface area (TPSA) is 64.5 Å². The van der Waals surface area contributed by atoms with Crippen LogP contribution in [0.1, 0.15) is 5.69 Å². The lowest BCUT2D eigenvalue weighted by molar-refractivity contribution is 1.18. The summed E-state index contributed by atoms with van der Waals surface area (Å²) in [5.74, 6) is 0.704. The van der Waals surface area contributed by atoms with Gasteiger partial charge in [0.25, 0.3) is 0 Å². The van der Waals surface area contributed by atoms with E-state index in [0.29, 0.717) is 5.82 Å². The Balaban J connectivity index is 1.12. The second kappa shape index (κ2) is 12.9. The average molecular weight is 654 g/mol. The molecule has 0 aliphatic carbocycles. The molecule has 9 aromatic rings. The number of nitrogens with zero attached hydrogens (tertiary/aromatic N) is 5. The van der Waals surface area contributed by atoms with Crippen molar-refractivity contribution >= 4 is 21.8 Å². The third kappa shape index (κ3) is 5.91. The summed E-state index contributed by atoms with van der Waals surface area (Å²) in [5, 5.41) is 2.10. The number of benzene rings is 5. The summed E-state index contributed by atoms with van der Waals surface area (Å²) in [6, 6.07) is 56.2. The maximum atomic E-state index is 5.25. The van der Waals surface area contributed by atoms with E-state index in [4.69, 9.17) is 24.9 Å². The molecule has 0 fully saturated rings. The standard InChI is InChI=1S/C46H31N5/c1-30-18-19-34-24-25-38-39(40-17-8-9-26-47-40)28-41(49-45(38)44(34)48-30)37-16-10-15-36(27-37)31-20-22-33(23-21-31)43-29-42(32-11-4-2-5-12-32)50-46(51-43)35-13-6-3-7-14-35/h2-29H,1H3. The van der Waals surface area contributed by atoms with Gasteiger partial charge in [-0.3, -0.25) is 9.97 Å². The zero-order valence-electron chi connectivity index (χ0n) is 27.9. The molecule has 0 amide bonds. The predicted molar refractivity (Wildman–Crippen MR) is 208 cm³/mol. The molecule has 0 saturated heterocycles. The summed E-state index contributed by atoms with van der Waals surface area (Å²) < 4.78 is 0. The third-order valence-electron chi connectivity index (χ3n) is 9.22. The second-order valence-corrected chi connectivity index (χ2v) is 12.6. The van der Waals surface area contributed by atoms with Gasteiger partial charge in [0.15, 0.2) is 5.82 Å². The number of pyridine rings is 3.